The van der Waals surface area contributed by atoms with Gasteiger partial charge in [0.2, 0.25) is 5.91 Å². The summed E-state index contributed by atoms with van der Waals surface area (Å²) in [6.07, 6.45) is 1.75. The first-order valence-electron chi connectivity index (χ1n) is 12.5. The minimum atomic E-state index is -0.133. The van der Waals surface area contributed by atoms with Crippen LogP contribution >= 0.6 is 11.8 Å². The maximum absolute atomic E-state index is 12.8. The normalized spacial score (nSPS) is 11.6. The lowest BCUT2D eigenvalue weighted by Crippen LogP contribution is -2.14. The second kappa shape index (κ2) is 10.7. The van der Waals surface area contributed by atoms with E-state index in [4.69, 9.17) is 4.74 Å². The summed E-state index contributed by atoms with van der Waals surface area (Å²) in [6.45, 7) is 9.13. The second-order valence-electron chi connectivity index (χ2n) is 9.90. The number of thioether (sulfide) groups is 1. The number of carbonyl (C=O) groups is 1. The Morgan fingerprint density at radius 2 is 1.79 bits per heavy atom. The molecule has 0 saturated heterocycles. The average molecular weight is 527 g/mol. The van der Waals surface area contributed by atoms with Gasteiger partial charge in [0.05, 0.1) is 24.1 Å². The number of amides is 1. The number of fused-ring (bicyclic) bond motifs is 1. The predicted octanol–water partition coefficient (Wildman–Crippen LogP) is 6.24. The Morgan fingerprint density at radius 1 is 1.03 bits per heavy atom. The number of hydrogen-bond donors (Lipinski definition) is 2. The van der Waals surface area contributed by atoms with Crippen molar-refractivity contribution in [3.63, 3.8) is 0 Å². The van der Waals surface area contributed by atoms with Crippen LogP contribution in [0.2, 0.25) is 0 Å². The standard InChI is InChI=1S/C29H30N6O2S/c1-5-37-24-14-12-23(13-15-24)35-27(19-6-9-21(10-7-19)29(2,3)4)33-34-28(35)38-18-26(36)31-22-11-8-20-17-30-32-25(20)16-22/h6-17H,5,18H2,1-4H3,(H,30,32)(H,31,36). The first-order chi connectivity index (χ1) is 18.3. The number of benzene rings is 3. The highest BCUT2D eigenvalue weighted by Gasteiger charge is 2.19. The van der Waals surface area contributed by atoms with Gasteiger partial charge in [0, 0.05) is 22.3 Å². The molecule has 2 heterocycles. The summed E-state index contributed by atoms with van der Waals surface area (Å²) >= 11 is 1.34. The van der Waals surface area contributed by atoms with Crippen molar-refractivity contribution in [3.8, 4) is 22.8 Å². The monoisotopic (exact) mass is 526 g/mol. The molecule has 0 aliphatic heterocycles. The van der Waals surface area contributed by atoms with Crippen molar-refractivity contribution in [1.29, 1.82) is 0 Å². The minimum absolute atomic E-state index is 0.0532. The first kappa shape index (κ1) is 25.5. The number of nitrogens with one attached hydrogen (secondary N) is 2. The number of aromatic amines is 1. The molecule has 0 radical (unpaired) electrons. The lowest BCUT2D eigenvalue weighted by Gasteiger charge is -2.19. The van der Waals surface area contributed by atoms with Crippen LogP contribution in [0.5, 0.6) is 5.75 Å². The molecule has 9 heteroatoms. The van der Waals surface area contributed by atoms with Gasteiger partial charge >= 0.3 is 0 Å². The van der Waals surface area contributed by atoms with Crippen molar-refractivity contribution < 1.29 is 9.53 Å². The molecule has 0 atom stereocenters. The number of rotatable bonds is 8. The first-order valence-corrected chi connectivity index (χ1v) is 13.5. The molecule has 0 aliphatic carbocycles. The summed E-state index contributed by atoms with van der Waals surface area (Å²) in [6, 6.07) is 21.9. The maximum Gasteiger partial charge on any atom is 0.234 e. The second-order valence-corrected chi connectivity index (χ2v) is 10.8. The van der Waals surface area contributed by atoms with E-state index in [-0.39, 0.29) is 17.1 Å². The molecule has 0 unspecified atom stereocenters. The van der Waals surface area contributed by atoms with Gasteiger partial charge in [0.15, 0.2) is 11.0 Å². The van der Waals surface area contributed by atoms with E-state index in [9.17, 15) is 4.79 Å². The molecule has 5 aromatic rings. The number of hydrogen-bond acceptors (Lipinski definition) is 6. The topological polar surface area (TPSA) is 97.7 Å². The summed E-state index contributed by atoms with van der Waals surface area (Å²) < 4.78 is 7.60. The molecular weight excluding hydrogens is 496 g/mol. The molecule has 0 aliphatic rings. The molecule has 38 heavy (non-hydrogen) atoms. The van der Waals surface area contributed by atoms with Crippen LogP contribution in [0.15, 0.2) is 78.1 Å². The largest absolute Gasteiger partial charge is 0.494 e. The summed E-state index contributed by atoms with van der Waals surface area (Å²) in [4.78, 5) is 12.8. The van der Waals surface area contributed by atoms with E-state index in [1.165, 1.54) is 17.3 Å². The molecular formula is C29H30N6O2S. The summed E-state index contributed by atoms with van der Waals surface area (Å²) in [7, 11) is 0. The molecule has 2 N–H and O–H groups in total. The van der Waals surface area contributed by atoms with Crippen LogP contribution in [0, 0.1) is 0 Å². The van der Waals surface area contributed by atoms with Gasteiger partial charge in [-0.05, 0) is 60.4 Å². The molecule has 8 nitrogen and oxygen atoms in total. The van der Waals surface area contributed by atoms with Gasteiger partial charge in [-0.1, -0.05) is 56.8 Å². The molecule has 5 rings (SSSR count). The highest BCUT2D eigenvalue weighted by atomic mass is 32.2. The van der Waals surface area contributed by atoms with Gasteiger partial charge in [-0.15, -0.1) is 10.2 Å². The van der Waals surface area contributed by atoms with Gasteiger partial charge < -0.3 is 10.1 Å². The third kappa shape index (κ3) is 5.57. The van der Waals surface area contributed by atoms with E-state index >= 15 is 0 Å². The van der Waals surface area contributed by atoms with Crippen molar-refractivity contribution in [2.45, 2.75) is 38.3 Å². The zero-order chi connectivity index (χ0) is 26.7. The Balaban J connectivity index is 1.41. The number of anilines is 1. The van der Waals surface area contributed by atoms with Gasteiger partial charge in [0.25, 0.3) is 0 Å². The molecule has 1 amide bonds. The van der Waals surface area contributed by atoms with Gasteiger partial charge in [-0.2, -0.15) is 5.10 Å². The van der Waals surface area contributed by atoms with Gasteiger partial charge in [-0.3, -0.25) is 14.5 Å². The smallest absolute Gasteiger partial charge is 0.234 e. The third-order valence-electron chi connectivity index (χ3n) is 6.11. The fraction of sp³-hybridized carbons (Fsp3) is 0.241. The third-order valence-corrected chi connectivity index (χ3v) is 7.04. The van der Waals surface area contributed by atoms with Crippen LogP contribution in [0.4, 0.5) is 5.69 Å². The van der Waals surface area contributed by atoms with Crippen molar-refractivity contribution in [3.05, 3.63) is 78.5 Å². The molecule has 194 valence electrons. The van der Waals surface area contributed by atoms with E-state index in [0.29, 0.717) is 23.3 Å². The van der Waals surface area contributed by atoms with Crippen LogP contribution in [0.25, 0.3) is 28.0 Å². The fourth-order valence-electron chi connectivity index (χ4n) is 4.10. The highest BCUT2D eigenvalue weighted by molar-refractivity contribution is 7.99. The lowest BCUT2D eigenvalue weighted by atomic mass is 9.87. The van der Waals surface area contributed by atoms with Crippen LogP contribution in [-0.4, -0.2) is 43.2 Å². The molecule has 3 aromatic carbocycles. The highest BCUT2D eigenvalue weighted by Crippen LogP contribution is 2.31. The van der Waals surface area contributed by atoms with E-state index in [2.05, 4.69) is 70.7 Å². The summed E-state index contributed by atoms with van der Waals surface area (Å²) in [5.74, 6) is 1.55. The number of ether oxygens (including phenoxy) is 1. The Bertz CT molecular complexity index is 1550. The average Bonchev–Trinajstić information content (AvgIpc) is 3.54. The SMILES string of the molecule is CCOc1ccc(-n2c(SCC(=O)Nc3ccc4cn[nH]c4c3)nnc2-c2ccc(C(C)(C)C)cc2)cc1. The molecule has 2 aromatic heterocycles. The predicted molar refractivity (Wildman–Crippen MR) is 152 cm³/mol. The zero-order valence-electron chi connectivity index (χ0n) is 21.9. The molecule has 0 spiro atoms. The number of nitrogens with zero attached hydrogens (tertiary/aromatic N) is 4. The van der Waals surface area contributed by atoms with Crippen LogP contribution in [-0.2, 0) is 10.2 Å². The maximum atomic E-state index is 12.8. The van der Waals surface area contributed by atoms with E-state index < -0.39 is 0 Å². The minimum Gasteiger partial charge on any atom is -0.494 e. The van der Waals surface area contributed by atoms with Crippen LogP contribution in [0.1, 0.15) is 33.3 Å². The zero-order valence-corrected chi connectivity index (χ0v) is 22.7. The molecule has 0 bridgehead atoms. The van der Waals surface area contributed by atoms with Crippen molar-refractivity contribution >= 4 is 34.3 Å². The number of H-pyrrole nitrogens is 1. The Hall–Kier alpha value is -4.11. The fourth-order valence-corrected chi connectivity index (χ4v) is 4.85. The van der Waals surface area contributed by atoms with E-state index in [1.807, 2.05) is 54.0 Å². The van der Waals surface area contributed by atoms with Gasteiger partial charge in [0.1, 0.15) is 5.75 Å². The lowest BCUT2D eigenvalue weighted by molar-refractivity contribution is -0.113. The molecule has 0 saturated carbocycles. The van der Waals surface area contributed by atoms with Gasteiger partial charge in [-0.25, -0.2) is 0 Å². The van der Waals surface area contributed by atoms with E-state index in [1.54, 1.807) is 6.20 Å². The Kier molecular flexibility index (Phi) is 7.20. The molecule has 0 fully saturated rings. The Morgan fingerprint density at radius 3 is 2.50 bits per heavy atom. The van der Waals surface area contributed by atoms with Crippen molar-refractivity contribution in [2.75, 3.05) is 17.7 Å². The van der Waals surface area contributed by atoms with E-state index in [0.717, 1.165) is 27.9 Å². The quantitative estimate of drug-likeness (QED) is 0.232. The van der Waals surface area contributed by atoms with Crippen LogP contribution in [0.3, 0.4) is 0 Å². The number of carbonyl (C=O) groups excluding carboxylic acids is 1. The summed E-state index contributed by atoms with van der Waals surface area (Å²) in [5.41, 5.74) is 4.71. The summed E-state index contributed by atoms with van der Waals surface area (Å²) in [5, 5.41) is 20.5. The van der Waals surface area contributed by atoms with Crippen LogP contribution < -0.4 is 10.1 Å². The van der Waals surface area contributed by atoms with Crippen molar-refractivity contribution in [2.24, 2.45) is 0 Å². The Labute approximate surface area is 225 Å². The number of aromatic nitrogens is 5. The van der Waals surface area contributed by atoms with Crippen molar-refractivity contribution in [1.82, 2.24) is 25.0 Å².